The Kier molecular flexibility index (Phi) is 10.3. The molecule has 0 heterocycles. The van der Waals surface area contributed by atoms with Gasteiger partial charge in [0.1, 0.15) is 0 Å². The van der Waals surface area contributed by atoms with Gasteiger partial charge in [0.25, 0.3) is 0 Å². The molecule has 194 valence electrons. The summed E-state index contributed by atoms with van der Waals surface area (Å²) in [7, 11) is -42.6. The summed E-state index contributed by atoms with van der Waals surface area (Å²) in [5.41, 5.74) is 0. The van der Waals surface area contributed by atoms with Crippen LogP contribution in [0.4, 0.5) is 101 Å². The van der Waals surface area contributed by atoms with Gasteiger partial charge in [-0.05, 0) is 0 Å². The minimum atomic E-state index is -10.7. The van der Waals surface area contributed by atoms with Crippen LogP contribution in [0, 0.1) is 0 Å². The summed E-state index contributed by atoms with van der Waals surface area (Å²) in [6.45, 7) is 0. The summed E-state index contributed by atoms with van der Waals surface area (Å²) in [5, 5.41) is 0. The predicted molar refractivity (Wildman–Crippen MR) is 60.0 cm³/mol. The second-order valence-corrected chi connectivity index (χ2v) is 11.5. The molecule has 0 aromatic rings. The fraction of sp³-hybridized carbons (Fsp3) is 0. The van der Waals surface area contributed by atoms with Gasteiger partial charge in [-0.3, -0.25) is 0 Å². The van der Waals surface area contributed by atoms with E-state index in [1.165, 1.54) is 0 Å². The molecule has 0 saturated carbocycles. The Balaban J connectivity index is -0.0000000626. The van der Waals surface area contributed by atoms with Crippen LogP contribution in [0.2, 0.25) is 0 Å². The molecule has 0 unspecified atom stereocenters. The smallest absolute Gasteiger partial charge is 1.00 e. The van der Waals surface area contributed by atoms with Crippen LogP contribution >= 0.6 is 31.2 Å². The van der Waals surface area contributed by atoms with Gasteiger partial charge in [0.05, 0.1) is 0 Å². The molecule has 0 nitrogen and oxygen atoms in total. The first kappa shape index (κ1) is 44.8. The van der Waals surface area contributed by atoms with Crippen molar-refractivity contribution in [1.29, 1.82) is 0 Å². The third-order valence-corrected chi connectivity index (χ3v) is 0. The van der Waals surface area contributed by atoms with Gasteiger partial charge < -0.3 is 0 Å². The first-order chi connectivity index (χ1) is 9.80. The number of hydrogen-bond donors (Lipinski definition) is 0. The van der Waals surface area contributed by atoms with Crippen LogP contribution in [0.15, 0.2) is 0 Å². The summed E-state index contributed by atoms with van der Waals surface area (Å²) in [5.74, 6) is 0. The van der Waals surface area contributed by atoms with Gasteiger partial charge in [0.2, 0.25) is 0 Å². The molecule has 0 atom stereocenters. The van der Waals surface area contributed by atoms with Gasteiger partial charge in [-0.25, -0.2) is 0 Å². The normalized spacial score (nSPS) is 21.6. The molecule has 0 rings (SSSR count). The Morgan fingerprint density at radius 3 is 0.200 bits per heavy atom. The summed E-state index contributed by atoms with van der Waals surface area (Å²) in [6.07, 6.45) is 0. The van der Waals surface area contributed by atoms with Gasteiger partial charge >= 0.3 is 169 Å². The topological polar surface area (TPSA) is 0 Å². The van der Waals surface area contributed by atoms with E-state index in [0.29, 0.717) is 0 Å². The van der Waals surface area contributed by atoms with E-state index >= 15 is 0 Å². The molecular weight excluding hydrogens is 662 g/mol. The van der Waals surface area contributed by atoms with Crippen LogP contribution in [0.3, 0.4) is 0 Å². The molecule has 0 amide bonds. The van der Waals surface area contributed by atoms with Crippen LogP contribution in [-0.4, -0.2) is 18.0 Å². The molecule has 0 aliphatic rings. The SMILES string of the molecule is F[P-](F)(F)(F)(F)F.F[P-](F)(F)(F)(F)F.F[P-](F)(F)(F)(F)F.F[P-](F)(F)(F)(F)F.[As+3].[Li+]. The van der Waals surface area contributed by atoms with E-state index < -0.39 is 31.2 Å². The molecule has 0 N–H and O–H groups in total. The average Bonchev–Trinajstić information content (AvgIpc) is 1.39. The molecular formula is AsF24LiP4. The van der Waals surface area contributed by atoms with E-state index in [4.69, 9.17) is 0 Å². The quantitative estimate of drug-likeness (QED) is 0.138. The van der Waals surface area contributed by atoms with Crippen LogP contribution in [0.25, 0.3) is 0 Å². The van der Waals surface area contributed by atoms with Crippen molar-refractivity contribution in [3.63, 3.8) is 0 Å². The maximum atomic E-state index is 9.87. The molecule has 2 radical (unpaired) electrons. The Bertz CT molecular complexity index is 384. The van der Waals surface area contributed by atoms with E-state index in [-0.39, 0.29) is 36.8 Å². The van der Waals surface area contributed by atoms with Crippen molar-refractivity contribution in [2.45, 2.75) is 0 Å². The van der Waals surface area contributed by atoms with Crippen molar-refractivity contribution in [1.82, 2.24) is 0 Å². The van der Waals surface area contributed by atoms with Crippen molar-refractivity contribution in [2.75, 3.05) is 0 Å². The third kappa shape index (κ3) is 16200. The fourth-order valence-electron chi connectivity index (χ4n) is 0. The first-order valence-electron chi connectivity index (χ1n) is 4.06. The maximum Gasteiger partial charge on any atom is 3.00 e. The van der Waals surface area contributed by atoms with Crippen LogP contribution in [0.5, 0.6) is 0 Å². The van der Waals surface area contributed by atoms with E-state index in [9.17, 15) is 101 Å². The van der Waals surface area contributed by atoms with Gasteiger partial charge in [0.15, 0.2) is 0 Å². The minimum absolute atomic E-state index is 0. The molecule has 0 saturated heterocycles. The largest absolute Gasteiger partial charge is 3.00 e. The van der Waals surface area contributed by atoms with E-state index in [2.05, 4.69) is 0 Å². The molecule has 0 fully saturated rings. The van der Waals surface area contributed by atoms with Gasteiger partial charge in [-0.1, -0.05) is 0 Å². The van der Waals surface area contributed by atoms with Gasteiger partial charge in [-0.2, -0.15) is 0 Å². The Labute approximate surface area is 169 Å². The van der Waals surface area contributed by atoms with Crippen molar-refractivity contribution in [2.24, 2.45) is 0 Å². The molecule has 30 heteroatoms. The van der Waals surface area contributed by atoms with E-state index in [1.54, 1.807) is 0 Å². The van der Waals surface area contributed by atoms with Crippen molar-refractivity contribution < 1.29 is 120 Å². The summed E-state index contributed by atoms with van der Waals surface area (Å²) >= 11 is 0. The molecule has 0 bridgehead atoms. The van der Waals surface area contributed by atoms with E-state index in [0.717, 1.165) is 0 Å². The summed E-state index contributed by atoms with van der Waals surface area (Å²) in [6, 6.07) is 0. The number of rotatable bonds is 0. The van der Waals surface area contributed by atoms with Crippen molar-refractivity contribution in [3.8, 4) is 0 Å². The Morgan fingerprint density at radius 2 is 0.200 bits per heavy atom. The fourth-order valence-corrected chi connectivity index (χ4v) is 0. The molecule has 0 aromatic carbocycles. The van der Waals surface area contributed by atoms with Crippen molar-refractivity contribution in [3.05, 3.63) is 0 Å². The molecule has 0 aliphatic heterocycles. The second-order valence-electron chi connectivity index (χ2n) is 3.83. The minimum Gasteiger partial charge on any atom is 1.00 e. The maximum absolute atomic E-state index is 10.7. The summed E-state index contributed by atoms with van der Waals surface area (Å²) < 4.78 is 237. The Morgan fingerprint density at radius 1 is 0.200 bits per heavy atom. The predicted octanol–water partition coefficient (Wildman–Crippen LogP) is 10.2. The summed E-state index contributed by atoms with van der Waals surface area (Å²) in [4.78, 5) is 0. The second kappa shape index (κ2) is 6.87. The zero-order valence-corrected chi connectivity index (χ0v) is 17.8. The van der Waals surface area contributed by atoms with E-state index in [1.807, 2.05) is 0 Å². The Hall–Kier alpha value is 1.20. The average molecular weight is 662 g/mol. The number of halogens is 24. The zero-order valence-electron chi connectivity index (χ0n) is 12.3. The molecule has 30 heavy (non-hydrogen) atoms. The molecule has 0 spiro atoms. The van der Waals surface area contributed by atoms with Gasteiger partial charge in [0, 0.05) is 0 Å². The van der Waals surface area contributed by atoms with Crippen LogP contribution in [0.1, 0.15) is 0 Å². The zero-order chi connectivity index (χ0) is 25.6. The standard InChI is InChI=1S/As.4F6P.Li/c;4*1-7(2,3,4,5)6;/q+3;4*-1;+1. The van der Waals surface area contributed by atoms with Gasteiger partial charge in [-0.15, -0.1) is 0 Å². The third-order valence-electron chi connectivity index (χ3n) is 0. The van der Waals surface area contributed by atoms with Crippen LogP contribution in [-0.2, 0) is 0 Å². The van der Waals surface area contributed by atoms with Crippen molar-refractivity contribution >= 4 is 49.2 Å². The molecule has 0 aliphatic carbocycles. The monoisotopic (exact) mass is 662 g/mol. The number of hydrogen-bond acceptors (Lipinski definition) is 0. The van der Waals surface area contributed by atoms with Crippen LogP contribution < -0.4 is 18.9 Å². The first-order valence-corrected chi connectivity index (χ1v) is 12.2. The molecule has 0 aromatic heterocycles.